The highest BCUT2D eigenvalue weighted by Crippen LogP contribution is 2.23. The topological polar surface area (TPSA) is 72.2 Å². The van der Waals surface area contributed by atoms with Crippen LogP contribution in [0.1, 0.15) is 18.2 Å². The Hall–Kier alpha value is -2.10. The highest BCUT2D eigenvalue weighted by Gasteiger charge is 2.30. The summed E-state index contributed by atoms with van der Waals surface area (Å²) >= 11 is 0. The van der Waals surface area contributed by atoms with Crippen molar-refractivity contribution < 1.29 is 13.5 Å². The Morgan fingerprint density at radius 2 is 1.90 bits per heavy atom. The van der Waals surface area contributed by atoms with E-state index in [9.17, 15) is 13.5 Å². The maximum atomic E-state index is 12.5. The quantitative estimate of drug-likeness (QED) is 0.864. The minimum atomic E-state index is -3.89. The van der Waals surface area contributed by atoms with Gasteiger partial charge in [-0.15, -0.1) is 6.42 Å². The molecule has 0 bridgehead atoms. The molecule has 0 aliphatic rings. The number of hydrogen-bond acceptors (Lipinski definition) is 4. The van der Waals surface area contributed by atoms with Crippen LogP contribution in [0.3, 0.4) is 0 Å². The van der Waals surface area contributed by atoms with E-state index in [1.54, 1.807) is 12.1 Å². The summed E-state index contributed by atoms with van der Waals surface area (Å²) in [6.07, 6.45) is 6.52. The SMILES string of the molecule is C#CC(C)(O)c1ccnn1S(=O)(=O)c1ccc(C)cc1. The van der Waals surface area contributed by atoms with Crippen LogP contribution in [0.5, 0.6) is 0 Å². The lowest BCUT2D eigenvalue weighted by Gasteiger charge is -2.18. The van der Waals surface area contributed by atoms with Crippen molar-refractivity contribution in [1.29, 1.82) is 0 Å². The van der Waals surface area contributed by atoms with Crippen LogP contribution < -0.4 is 0 Å². The second-order valence-electron chi connectivity index (χ2n) is 4.59. The molecule has 1 unspecified atom stereocenters. The van der Waals surface area contributed by atoms with Crippen molar-refractivity contribution in [1.82, 2.24) is 9.19 Å². The molecule has 2 rings (SSSR count). The maximum absolute atomic E-state index is 12.5. The number of aryl methyl sites for hydroxylation is 1. The molecular weight excluding hydrogens is 276 g/mol. The number of rotatable bonds is 3. The first kappa shape index (κ1) is 14.3. The van der Waals surface area contributed by atoms with E-state index >= 15 is 0 Å². The summed E-state index contributed by atoms with van der Waals surface area (Å²) in [4.78, 5) is 0.0841. The molecule has 20 heavy (non-hydrogen) atoms. The van der Waals surface area contributed by atoms with Gasteiger partial charge in [-0.2, -0.15) is 17.6 Å². The molecule has 1 heterocycles. The Bertz CT molecular complexity index is 765. The van der Waals surface area contributed by atoms with E-state index in [-0.39, 0.29) is 10.6 Å². The van der Waals surface area contributed by atoms with Gasteiger partial charge < -0.3 is 5.11 Å². The van der Waals surface area contributed by atoms with Crippen LogP contribution in [-0.2, 0) is 15.6 Å². The number of aliphatic hydroxyl groups is 1. The van der Waals surface area contributed by atoms with Crippen molar-refractivity contribution in [2.24, 2.45) is 0 Å². The fraction of sp³-hybridized carbons (Fsp3) is 0.214. The van der Waals surface area contributed by atoms with Crippen LogP contribution in [0.2, 0.25) is 0 Å². The molecular formula is C14H14N2O3S. The molecule has 6 heteroatoms. The summed E-state index contributed by atoms with van der Waals surface area (Å²) < 4.78 is 25.8. The largest absolute Gasteiger partial charge is 0.372 e. The van der Waals surface area contributed by atoms with Crippen molar-refractivity contribution in [3.8, 4) is 12.3 Å². The van der Waals surface area contributed by atoms with Gasteiger partial charge in [0.15, 0.2) is 5.60 Å². The van der Waals surface area contributed by atoms with Gasteiger partial charge in [-0.25, -0.2) is 0 Å². The maximum Gasteiger partial charge on any atom is 0.283 e. The molecule has 0 aliphatic carbocycles. The lowest BCUT2D eigenvalue weighted by atomic mass is 10.1. The van der Waals surface area contributed by atoms with Gasteiger partial charge in [0.05, 0.1) is 11.1 Å². The molecule has 0 amide bonds. The molecule has 1 N–H and O–H groups in total. The lowest BCUT2D eigenvalue weighted by molar-refractivity contribution is 0.115. The zero-order valence-corrected chi connectivity index (χ0v) is 11.9. The highest BCUT2D eigenvalue weighted by atomic mass is 32.2. The molecule has 0 saturated carbocycles. The zero-order valence-electron chi connectivity index (χ0n) is 11.1. The third kappa shape index (κ3) is 2.33. The van der Waals surface area contributed by atoms with E-state index in [1.165, 1.54) is 31.3 Å². The van der Waals surface area contributed by atoms with Gasteiger partial charge in [0, 0.05) is 0 Å². The first-order valence-corrected chi connectivity index (χ1v) is 7.30. The standard InChI is InChI=1S/C14H14N2O3S/c1-4-14(3,17)13-9-10-15-16(13)20(18,19)12-7-5-11(2)6-8-12/h1,5-10,17H,2-3H3. The minimum absolute atomic E-state index is 0.0283. The Balaban J connectivity index is 2.60. The normalized spacial score (nSPS) is 14.5. The van der Waals surface area contributed by atoms with Crippen LogP contribution in [-0.4, -0.2) is 22.7 Å². The summed E-state index contributed by atoms with van der Waals surface area (Å²) in [5.41, 5.74) is -0.741. The van der Waals surface area contributed by atoms with Crippen LogP contribution in [0.15, 0.2) is 41.4 Å². The van der Waals surface area contributed by atoms with Crippen molar-refractivity contribution in [2.75, 3.05) is 0 Å². The molecule has 0 fully saturated rings. The average molecular weight is 290 g/mol. The summed E-state index contributed by atoms with van der Waals surface area (Å²) in [6, 6.07) is 7.73. The second kappa shape index (κ2) is 4.78. The van der Waals surface area contributed by atoms with Gasteiger partial charge in [0.1, 0.15) is 5.69 Å². The molecule has 0 aliphatic heterocycles. The summed E-state index contributed by atoms with van der Waals surface area (Å²) in [5.74, 6) is 2.15. The Kier molecular flexibility index (Phi) is 3.42. The molecule has 104 valence electrons. The van der Waals surface area contributed by atoms with Gasteiger partial charge in [-0.1, -0.05) is 23.6 Å². The Morgan fingerprint density at radius 1 is 1.30 bits per heavy atom. The summed E-state index contributed by atoms with van der Waals surface area (Å²) in [6.45, 7) is 3.20. The van der Waals surface area contributed by atoms with E-state index in [1.807, 2.05) is 6.92 Å². The van der Waals surface area contributed by atoms with Crippen molar-refractivity contribution in [3.05, 3.63) is 47.8 Å². The smallest absolute Gasteiger partial charge is 0.283 e. The molecule has 5 nitrogen and oxygen atoms in total. The van der Waals surface area contributed by atoms with Gasteiger partial charge in [-0.05, 0) is 32.0 Å². The van der Waals surface area contributed by atoms with Crippen molar-refractivity contribution >= 4 is 10.0 Å². The number of nitrogens with zero attached hydrogens (tertiary/aromatic N) is 2. The number of terminal acetylenes is 1. The van der Waals surface area contributed by atoms with Gasteiger partial charge in [0.2, 0.25) is 0 Å². The third-order valence-corrected chi connectivity index (χ3v) is 4.55. The van der Waals surface area contributed by atoms with Crippen LogP contribution in [0.25, 0.3) is 0 Å². The fourth-order valence-electron chi connectivity index (χ4n) is 1.71. The second-order valence-corrected chi connectivity index (χ2v) is 6.36. The van der Waals surface area contributed by atoms with Gasteiger partial charge in [0.25, 0.3) is 10.0 Å². The molecule has 0 spiro atoms. The predicted molar refractivity (Wildman–Crippen MR) is 74.4 cm³/mol. The molecule has 0 radical (unpaired) electrons. The Morgan fingerprint density at radius 3 is 2.45 bits per heavy atom. The zero-order chi connectivity index (χ0) is 15.0. The van der Waals surface area contributed by atoms with E-state index in [2.05, 4.69) is 11.0 Å². The Labute approximate surface area is 117 Å². The van der Waals surface area contributed by atoms with Crippen molar-refractivity contribution in [3.63, 3.8) is 0 Å². The van der Waals surface area contributed by atoms with Crippen LogP contribution in [0.4, 0.5) is 0 Å². The summed E-state index contributed by atoms with van der Waals surface area (Å²) in [7, 11) is -3.89. The van der Waals surface area contributed by atoms with Crippen molar-refractivity contribution in [2.45, 2.75) is 24.3 Å². The van der Waals surface area contributed by atoms with E-state index < -0.39 is 15.6 Å². The fourth-order valence-corrected chi connectivity index (χ4v) is 3.07. The molecule has 1 aromatic heterocycles. The number of aromatic nitrogens is 2. The first-order valence-electron chi connectivity index (χ1n) is 5.86. The molecule has 0 saturated heterocycles. The van der Waals surface area contributed by atoms with Gasteiger partial charge >= 0.3 is 0 Å². The number of benzene rings is 1. The monoisotopic (exact) mass is 290 g/mol. The summed E-state index contributed by atoms with van der Waals surface area (Å²) in [5, 5.41) is 13.8. The molecule has 2 aromatic rings. The minimum Gasteiger partial charge on any atom is -0.372 e. The van der Waals surface area contributed by atoms with Crippen LogP contribution in [0, 0.1) is 19.3 Å². The van der Waals surface area contributed by atoms with E-state index in [0.29, 0.717) is 0 Å². The number of hydrogen-bond donors (Lipinski definition) is 1. The lowest BCUT2D eigenvalue weighted by Crippen LogP contribution is -2.27. The molecule has 1 aromatic carbocycles. The average Bonchev–Trinajstić information content (AvgIpc) is 2.90. The predicted octanol–water partition coefficient (Wildman–Crippen LogP) is 1.27. The third-order valence-electron chi connectivity index (χ3n) is 2.94. The first-order chi connectivity index (χ1) is 9.29. The van der Waals surface area contributed by atoms with Crippen LogP contribution >= 0.6 is 0 Å². The van der Waals surface area contributed by atoms with E-state index in [0.717, 1.165) is 9.65 Å². The van der Waals surface area contributed by atoms with E-state index in [4.69, 9.17) is 6.42 Å². The van der Waals surface area contributed by atoms with Gasteiger partial charge in [-0.3, -0.25) is 0 Å². The molecule has 1 atom stereocenters. The highest BCUT2D eigenvalue weighted by molar-refractivity contribution is 7.89.